The van der Waals surface area contributed by atoms with Crippen molar-refractivity contribution >= 4 is 11.9 Å². The van der Waals surface area contributed by atoms with Crippen molar-refractivity contribution in [3.8, 4) is 0 Å². The van der Waals surface area contributed by atoms with Gasteiger partial charge < -0.3 is 15.7 Å². The van der Waals surface area contributed by atoms with Crippen LogP contribution in [0.3, 0.4) is 0 Å². The largest absolute Gasteiger partial charge is 0.481 e. The van der Waals surface area contributed by atoms with Crippen molar-refractivity contribution in [1.29, 1.82) is 0 Å². The smallest absolute Gasteiger partial charge is 0.311 e. The molecule has 5 nitrogen and oxygen atoms in total. The Hall–Kier alpha value is -1.10. The minimum atomic E-state index is -0.878. The van der Waals surface area contributed by atoms with Crippen LogP contribution < -0.4 is 10.6 Å². The predicted molar refractivity (Wildman–Crippen MR) is 66.8 cm³/mol. The lowest BCUT2D eigenvalue weighted by Gasteiger charge is -2.23. The fraction of sp³-hybridized carbons (Fsp3) is 0.833. The molecule has 0 aromatic carbocycles. The molecule has 100 valence electrons. The fourth-order valence-corrected chi connectivity index (χ4v) is 1.42. The predicted octanol–water partition coefficient (Wildman–Crippen LogP) is 0.992. The number of carbonyl (C=O) groups is 2. The van der Waals surface area contributed by atoms with Crippen LogP contribution in [0.4, 0.5) is 0 Å². The van der Waals surface area contributed by atoms with E-state index in [1.165, 1.54) is 0 Å². The molecule has 0 rings (SSSR count). The second kappa shape index (κ2) is 7.27. The normalized spacial score (nSPS) is 16.0. The van der Waals surface area contributed by atoms with Crippen LogP contribution in [0.15, 0.2) is 0 Å². The van der Waals surface area contributed by atoms with Crippen LogP contribution in [0, 0.1) is 5.41 Å². The topological polar surface area (TPSA) is 78.4 Å². The Labute approximate surface area is 103 Å². The highest BCUT2D eigenvalue weighted by Gasteiger charge is 2.31. The minimum Gasteiger partial charge on any atom is -0.481 e. The van der Waals surface area contributed by atoms with Gasteiger partial charge in [-0.2, -0.15) is 0 Å². The van der Waals surface area contributed by atoms with Gasteiger partial charge in [0.25, 0.3) is 0 Å². The van der Waals surface area contributed by atoms with Crippen molar-refractivity contribution in [2.24, 2.45) is 5.41 Å². The number of amides is 1. The molecule has 0 radical (unpaired) electrons. The molecule has 0 saturated heterocycles. The van der Waals surface area contributed by atoms with Crippen LogP contribution in [0.2, 0.25) is 0 Å². The van der Waals surface area contributed by atoms with Gasteiger partial charge in [-0.1, -0.05) is 13.8 Å². The maximum absolute atomic E-state index is 11.6. The summed E-state index contributed by atoms with van der Waals surface area (Å²) in [6.45, 7) is 8.35. The maximum Gasteiger partial charge on any atom is 0.311 e. The van der Waals surface area contributed by atoms with Gasteiger partial charge >= 0.3 is 5.97 Å². The summed E-state index contributed by atoms with van der Waals surface area (Å²) < 4.78 is 0. The fourth-order valence-electron chi connectivity index (χ4n) is 1.42. The van der Waals surface area contributed by atoms with Gasteiger partial charge in [-0.15, -0.1) is 0 Å². The Morgan fingerprint density at radius 3 is 2.35 bits per heavy atom. The first kappa shape index (κ1) is 15.9. The molecule has 0 aliphatic heterocycles. The maximum atomic E-state index is 11.6. The van der Waals surface area contributed by atoms with E-state index in [0.29, 0.717) is 12.8 Å². The van der Waals surface area contributed by atoms with E-state index in [0.717, 1.165) is 6.54 Å². The quantitative estimate of drug-likeness (QED) is 0.595. The second-order valence-corrected chi connectivity index (χ2v) is 4.66. The summed E-state index contributed by atoms with van der Waals surface area (Å²) in [5, 5.41) is 14.9. The van der Waals surface area contributed by atoms with Gasteiger partial charge in [-0.25, -0.2) is 0 Å². The molecule has 0 bridgehead atoms. The average Bonchev–Trinajstić information content (AvgIpc) is 2.25. The van der Waals surface area contributed by atoms with E-state index in [2.05, 4.69) is 10.6 Å². The van der Waals surface area contributed by atoms with Crippen LogP contribution in [-0.2, 0) is 9.59 Å². The van der Waals surface area contributed by atoms with Crippen molar-refractivity contribution in [2.45, 2.75) is 46.6 Å². The molecular formula is C12H24N2O3. The van der Waals surface area contributed by atoms with E-state index < -0.39 is 11.4 Å². The molecule has 0 saturated carbocycles. The van der Waals surface area contributed by atoms with E-state index in [1.54, 1.807) is 6.92 Å². The third kappa shape index (κ3) is 5.68. The molecule has 5 heteroatoms. The molecule has 1 amide bonds. The molecule has 0 fully saturated rings. The number of carboxylic acid groups (broad SMARTS) is 1. The lowest BCUT2D eigenvalue weighted by molar-refractivity contribution is -0.148. The molecule has 0 aromatic heterocycles. The van der Waals surface area contributed by atoms with E-state index in [4.69, 9.17) is 5.11 Å². The van der Waals surface area contributed by atoms with Crippen molar-refractivity contribution in [2.75, 3.05) is 13.1 Å². The highest BCUT2D eigenvalue weighted by Crippen LogP contribution is 2.19. The van der Waals surface area contributed by atoms with Gasteiger partial charge in [-0.3, -0.25) is 9.59 Å². The van der Waals surface area contributed by atoms with Crippen molar-refractivity contribution < 1.29 is 14.7 Å². The molecule has 0 aliphatic carbocycles. The number of carboxylic acids is 1. The summed E-state index contributed by atoms with van der Waals surface area (Å²) in [5.41, 5.74) is -0.878. The number of aliphatic carboxylic acids is 1. The van der Waals surface area contributed by atoms with Crippen molar-refractivity contribution in [3.05, 3.63) is 0 Å². The molecule has 17 heavy (non-hydrogen) atoms. The van der Waals surface area contributed by atoms with Gasteiger partial charge in [0, 0.05) is 19.0 Å². The Morgan fingerprint density at radius 1 is 1.35 bits per heavy atom. The number of hydrogen-bond donors (Lipinski definition) is 3. The SMILES string of the molecule is CCNC(C)CC(=O)NCC(C)(CC)C(=O)O. The van der Waals surface area contributed by atoms with Gasteiger partial charge in [0.05, 0.1) is 5.41 Å². The van der Waals surface area contributed by atoms with Crippen LogP contribution in [-0.4, -0.2) is 36.1 Å². The highest BCUT2D eigenvalue weighted by atomic mass is 16.4. The van der Waals surface area contributed by atoms with Crippen molar-refractivity contribution in [3.63, 3.8) is 0 Å². The van der Waals surface area contributed by atoms with E-state index >= 15 is 0 Å². The summed E-state index contributed by atoms with van der Waals surface area (Å²) in [6.07, 6.45) is 0.860. The molecule has 0 spiro atoms. The molecule has 3 N–H and O–H groups in total. The molecule has 0 heterocycles. The van der Waals surface area contributed by atoms with Gasteiger partial charge in [0.2, 0.25) is 5.91 Å². The minimum absolute atomic E-state index is 0.109. The number of nitrogens with one attached hydrogen (secondary N) is 2. The summed E-state index contributed by atoms with van der Waals surface area (Å²) in [6, 6.07) is 0.109. The summed E-state index contributed by atoms with van der Waals surface area (Å²) in [4.78, 5) is 22.6. The zero-order valence-corrected chi connectivity index (χ0v) is 11.2. The second-order valence-electron chi connectivity index (χ2n) is 4.66. The summed E-state index contributed by atoms with van der Waals surface area (Å²) >= 11 is 0. The third-order valence-corrected chi connectivity index (χ3v) is 3.02. The monoisotopic (exact) mass is 244 g/mol. The zero-order chi connectivity index (χ0) is 13.5. The first-order valence-corrected chi connectivity index (χ1v) is 6.09. The Balaban J connectivity index is 4.10. The molecule has 2 atom stereocenters. The number of rotatable bonds is 8. The Kier molecular flexibility index (Phi) is 6.80. The summed E-state index contributed by atoms with van der Waals surface area (Å²) in [7, 11) is 0. The van der Waals surface area contributed by atoms with E-state index in [1.807, 2.05) is 20.8 Å². The van der Waals surface area contributed by atoms with E-state index in [9.17, 15) is 9.59 Å². The molecule has 2 unspecified atom stereocenters. The van der Waals surface area contributed by atoms with Crippen LogP contribution in [0.25, 0.3) is 0 Å². The average molecular weight is 244 g/mol. The lowest BCUT2D eigenvalue weighted by atomic mass is 9.87. The van der Waals surface area contributed by atoms with E-state index in [-0.39, 0.29) is 18.5 Å². The first-order valence-electron chi connectivity index (χ1n) is 6.09. The van der Waals surface area contributed by atoms with Gasteiger partial charge in [0.1, 0.15) is 0 Å². The van der Waals surface area contributed by atoms with Gasteiger partial charge in [0.15, 0.2) is 0 Å². The summed E-state index contributed by atoms with van der Waals surface area (Å²) in [5.74, 6) is -0.987. The third-order valence-electron chi connectivity index (χ3n) is 3.02. The Morgan fingerprint density at radius 2 is 1.94 bits per heavy atom. The zero-order valence-electron chi connectivity index (χ0n) is 11.2. The molecular weight excluding hydrogens is 220 g/mol. The number of hydrogen-bond acceptors (Lipinski definition) is 3. The first-order chi connectivity index (χ1) is 7.85. The standard InChI is InChI=1S/C12H24N2O3/c1-5-12(4,11(16)17)8-14-10(15)7-9(3)13-6-2/h9,13H,5-8H2,1-4H3,(H,14,15)(H,16,17). The highest BCUT2D eigenvalue weighted by molar-refractivity contribution is 5.79. The molecule has 0 aliphatic rings. The van der Waals surface area contributed by atoms with Crippen LogP contribution >= 0.6 is 0 Å². The number of carbonyl (C=O) groups excluding carboxylic acids is 1. The van der Waals surface area contributed by atoms with Gasteiger partial charge in [-0.05, 0) is 26.8 Å². The Bertz CT molecular complexity index is 268. The lowest BCUT2D eigenvalue weighted by Crippen LogP contribution is -2.42. The van der Waals surface area contributed by atoms with Crippen LogP contribution in [0.5, 0.6) is 0 Å². The molecule has 0 aromatic rings. The van der Waals surface area contributed by atoms with Crippen LogP contribution in [0.1, 0.15) is 40.5 Å². The van der Waals surface area contributed by atoms with Crippen molar-refractivity contribution in [1.82, 2.24) is 10.6 Å².